The van der Waals surface area contributed by atoms with Gasteiger partial charge >= 0.3 is 0 Å². The van der Waals surface area contributed by atoms with Crippen LogP contribution in [-0.2, 0) is 0 Å². The molecule has 0 aromatic carbocycles. The van der Waals surface area contributed by atoms with Crippen LogP contribution in [0.1, 0.15) is 6.42 Å². The summed E-state index contributed by atoms with van der Waals surface area (Å²) in [7, 11) is 0. The Morgan fingerprint density at radius 1 is 1.36 bits per heavy atom. The van der Waals surface area contributed by atoms with E-state index in [9.17, 15) is 8.78 Å². The van der Waals surface area contributed by atoms with Gasteiger partial charge < -0.3 is 5.32 Å². The van der Waals surface area contributed by atoms with E-state index in [-0.39, 0.29) is 6.54 Å². The predicted octanol–water partition coefficient (Wildman–Crippen LogP) is 0.299. The third-order valence-corrected chi connectivity index (χ3v) is 2.52. The molecule has 0 aromatic rings. The van der Waals surface area contributed by atoms with Gasteiger partial charge in [0.2, 0.25) is 0 Å². The van der Waals surface area contributed by atoms with E-state index >= 15 is 0 Å². The molecule has 0 amide bonds. The fourth-order valence-corrected chi connectivity index (χ4v) is 1.69. The van der Waals surface area contributed by atoms with Gasteiger partial charge in [0.25, 0.3) is 5.92 Å². The third kappa shape index (κ3) is 1.14. The summed E-state index contributed by atoms with van der Waals surface area (Å²) < 4.78 is 26.0. The van der Waals surface area contributed by atoms with E-state index in [1.807, 2.05) is 4.90 Å². The van der Waals surface area contributed by atoms with E-state index in [4.69, 9.17) is 0 Å². The molecule has 2 heterocycles. The molecule has 0 aliphatic carbocycles. The van der Waals surface area contributed by atoms with E-state index < -0.39 is 12.0 Å². The van der Waals surface area contributed by atoms with Gasteiger partial charge in [-0.3, -0.25) is 4.90 Å². The number of hydrogen-bond donors (Lipinski definition) is 1. The minimum Gasteiger partial charge on any atom is -0.309 e. The zero-order valence-corrected chi connectivity index (χ0v) is 6.32. The summed E-state index contributed by atoms with van der Waals surface area (Å²) in [5, 5.41) is 2.72. The maximum atomic E-state index is 13.0. The van der Waals surface area contributed by atoms with Gasteiger partial charge in [-0.2, -0.15) is 0 Å². The molecule has 1 atom stereocenters. The average Bonchev–Trinajstić information content (AvgIpc) is 2.07. The zero-order chi connectivity index (χ0) is 7.90. The first-order chi connectivity index (χ1) is 5.20. The summed E-state index contributed by atoms with van der Waals surface area (Å²) >= 11 is 0. The normalized spacial score (nSPS) is 37.1. The number of alkyl halides is 2. The lowest BCUT2D eigenvalue weighted by atomic mass is 10.1. The molecule has 2 nitrogen and oxygen atoms in total. The smallest absolute Gasteiger partial charge is 0.276 e. The standard InChI is InChI=1S/C7H12F2N2/c8-7(9)5-10-4-6(7)11-2-1-3-11/h6,10H,1-5H2/t6-/m0/s1. The largest absolute Gasteiger partial charge is 0.309 e. The third-order valence-electron chi connectivity index (χ3n) is 2.52. The quantitative estimate of drug-likeness (QED) is 0.596. The summed E-state index contributed by atoms with van der Waals surface area (Å²) in [5.74, 6) is -2.50. The fraction of sp³-hybridized carbons (Fsp3) is 1.00. The van der Waals surface area contributed by atoms with Gasteiger partial charge in [-0.1, -0.05) is 0 Å². The molecule has 4 heteroatoms. The number of likely N-dealkylation sites (tertiary alicyclic amines) is 1. The van der Waals surface area contributed by atoms with E-state index in [2.05, 4.69) is 5.32 Å². The van der Waals surface area contributed by atoms with E-state index in [0.717, 1.165) is 19.5 Å². The molecule has 0 spiro atoms. The number of rotatable bonds is 1. The van der Waals surface area contributed by atoms with Gasteiger partial charge in [-0.25, -0.2) is 8.78 Å². The zero-order valence-electron chi connectivity index (χ0n) is 6.32. The van der Waals surface area contributed by atoms with E-state index in [1.54, 1.807) is 0 Å². The van der Waals surface area contributed by atoms with E-state index in [1.165, 1.54) is 0 Å². The maximum Gasteiger partial charge on any atom is 0.276 e. The van der Waals surface area contributed by atoms with Crippen molar-refractivity contribution in [2.24, 2.45) is 0 Å². The van der Waals surface area contributed by atoms with Gasteiger partial charge in [-0.05, 0) is 19.5 Å². The highest BCUT2D eigenvalue weighted by Crippen LogP contribution is 2.29. The molecule has 2 fully saturated rings. The lowest BCUT2D eigenvalue weighted by Crippen LogP contribution is -2.53. The van der Waals surface area contributed by atoms with Crippen molar-refractivity contribution in [2.45, 2.75) is 18.4 Å². The molecule has 0 unspecified atom stereocenters. The Morgan fingerprint density at radius 3 is 2.45 bits per heavy atom. The molecular formula is C7H12F2N2. The Bertz CT molecular complexity index is 157. The molecular weight excluding hydrogens is 150 g/mol. The van der Waals surface area contributed by atoms with Crippen LogP contribution in [0, 0.1) is 0 Å². The summed E-state index contributed by atoms with van der Waals surface area (Å²) in [6.45, 7) is 2.00. The minimum absolute atomic E-state index is 0.145. The van der Waals surface area contributed by atoms with Gasteiger partial charge in [0, 0.05) is 6.54 Å². The van der Waals surface area contributed by atoms with Crippen molar-refractivity contribution >= 4 is 0 Å². The molecule has 2 saturated heterocycles. The van der Waals surface area contributed by atoms with Gasteiger partial charge in [-0.15, -0.1) is 0 Å². The van der Waals surface area contributed by atoms with Crippen LogP contribution in [0.4, 0.5) is 8.78 Å². The van der Waals surface area contributed by atoms with Crippen LogP contribution >= 0.6 is 0 Å². The van der Waals surface area contributed by atoms with Crippen molar-refractivity contribution in [3.63, 3.8) is 0 Å². The molecule has 0 bridgehead atoms. The second-order valence-electron chi connectivity index (χ2n) is 3.30. The molecule has 11 heavy (non-hydrogen) atoms. The molecule has 2 rings (SSSR count). The topological polar surface area (TPSA) is 15.3 Å². The first kappa shape index (κ1) is 7.43. The maximum absolute atomic E-state index is 13.0. The highest BCUT2D eigenvalue weighted by molar-refractivity contribution is 4.97. The molecule has 0 aromatic heterocycles. The second-order valence-corrected chi connectivity index (χ2v) is 3.30. The minimum atomic E-state index is -2.50. The number of nitrogens with one attached hydrogen (secondary N) is 1. The molecule has 1 N–H and O–H groups in total. The van der Waals surface area contributed by atoms with Crippen LogP contribution in [0.15, 0.2) is 0 Å². The molecule has 2 aliphatic heterocycles. The van der Waals surface area contributed by atoms with Crippen molar-refractivity contribution in [1.82, 2.24) is 10.2 Å². The lowest BCUT2D eigenvalue weighted by Gasteiger charge is -2.38. The van der Waals surface area contributed by atoms with Gasteiger partial charge in [0.05, 0.1) is 12.6 Å². The average molecular weight is 162 g/mol. The van der Waals surface area contributed by atoms with Gasteiger partial charge in [0.1, 0.15) is 0 Å². The fourth-order valence-electron chi connectivity index (χ4n) is 1.69. The first-order valence-electron chi connectivity index (χ1n) is 4.03. The Balaban J connectivity index is 2.00. The molecule has 64 valence electrons. The van der Waals surface area contributed by atoms with Crippen LogP contribution in [0.2, 0.25) is 0 Å². The molecule has 2 aliphatic rings. The lowest BCUT2D eigenvalue weighted by molar-refractivity contribution is -0.0651. The highest BCUT2D eigenvalue weighted by atomic mass is 19.3. The number of nitrogens with zero attached hydrogens (tertiary/aromatic N) is 1. The SMILES string of the molecule is FC1(F)CNC[C@@H]1N1CCC1. The number of hydrogen-bond acceptors (Lipinski definition) is 2. The van der Waals surface area contributed by atoms with Crippen molar-refractivity contribution in [3.05, 3.63) is 0 Å². The monoisotopic (exact) mass is 162 g/mol. The van der Waals surface area contributed by atoms with Crippen molar-refractivity contribution in [2.75, 3.05) is 26.2 Å². The summed E-state index contributed by atoms with van der Waals surface area (Å²) in [5.41, 5.74) is 0. The van der Waals surface area contributed by atoms with Crippen LogP contribution in [0.25, 0.3) is 0 Å². The second kappa shape index (κ2) is 2.38. The van der Waals surface area contributed by atoms with Crippen molar-refractivity contribution in [3.8, 4) is 0 Å². The van der Waals surface area contributed by atoms with Crippen LogP contribution in [0.5, 0.6) is 0 Å². The summed E-state index contributed by atoms with van der Waals surface area (Å²) in [6, 6.07) is -0.531. The Labute approximate surface area is 64.6 Å². The first-order valence-corrected chi connectivity index (χ1v) is 4.03. The molecule has 0 radical (unpaired) electrons. The van der Waals surface area contributed by atoms with Crippen molar-refractivity contribution in [1.29, 1.82) is 0 Å². The summed E-state index contributed by atoms with van der Waals surface area (Å²) in [6.07, 6.45) is 1.08. The number of halogens is 2. The predicted molar refractivity (Wildman–Crippen MR) is 37.8 cm³/mol. The summed E-state index contributed by atoms with van der Waals surface area (Å²) in [4.78, 5) is 1.86. The molecule has 0 saturated carbocycles. The van der Waals surface area contributed by atoms with Crippen LogP contribution < -0.4 is 5.32 Å². The van der Waals surface area contributed by atoms with Crippen molar-refractivity contribution < 1.29 is 8.78 Å². The highest BCUT2D eigenvalue weighted by Gasteiger charge is 2.48. The van der Waals surface area contributed by atoms with Crippen LogP contribution in [0.3, 0.4) is 0 Å². The van der Waals surface area contributed by atoms with Crippen LogP contribution in [-0.4, -0.2) is 43.0 Å². The Kier molecular flexibility index (Phi) is 1.61. The Morgan fingerprint density at radius 2 is 2.09 bits per heavy atom. The van der Waals surface area contributed by atoms with Gasteiger partial charge in [0.15, 0.2) is 0 Å². The van der Waals surface area contributed by atoms with E-state index in [0.29, 0.717) is 6.54 Å². The Hall–Kier alpha value is -0.220.